The summed E-state index contributed by atoms with van der Waals surface area (Å²) in [5.41, 5.74) is 1.76. The zero-order chi connectivity index (χ0) is 17.3. The molecule has 1 aliphatic carbocycles. The molecule has 1 fully saturated rings. The Morgan fingerprint density at radius 3 is 2.71 bits per heavy atom. The van der Waals surface area contributed by atoms with Crippen molar-refractivity contribution in [2.24, 2.45) is 5.92 Å². The van der Waals surface area contributed by atoms with Crippen LogP contribution in [0.4, 0.5) is 5.82 Å². The molecule has 1 aliphatic rings. The Morgan fingerprint density at radius 1 is 1.33 bits per heavy atom. The highest BCUT2D eigenvalue weighted by molar-refractivity contribution is 5.90. The van der Waals surface area contributed by atoms with Crippen LogP contribution in [0.2, 0.25) is 0 Å². The quantitative estimate of drug-likeness (QED) is 0.901. The summed E-state index contributed by atoms with van der Waals surface area (Å²) in [6.45, 7) is 5.34. The van der Waals surface area contributed by atoms with Crippen molar-refractivity contribution < 1.29 is 4.79 Å². The van der Waals surface area contributed by atoms with E-state index in [2.05, 4.69) is 20.4 Å². The number of hydrogen-bond donors (Lipinski definition) is 2. The first-order valence-corrected chi connectivity index (χ1v) is 8.38. The molecule has 7 nitrogen and oxygen atoms in total. The van der Waals surface area contributed by atoms with Crippen molar-refractivity contribution in [2.45, 2.75) is 52.9 Å². The number of aromatic nitrogens is 4. The molecule has 7 heteroatoms. The molecule has 2 aromatic rings. The number of carbonyl (C=O) groups excluding carboxylic acids is 1. The third kappa shape index (κ3) is 3.39. The van der Waals surface area contributed by atoms with Crippen molar-refractivity contribution in [1.82, 2.24) is 19.7 Å². The van der Waals surface area contributed by atoms with Gasteiger partial charge in [-0.2, -0.15) is 9.78 Å². The van der Waals surface area contributed by atoms with E-state index in [1.165, 1.54) is 17.5 Å². The van der Waals surface area contributed by atoms with Crippen molar-refractivity contribution in [3.63, 3.8) is 0 Å². The van der Waals surface area contributed by atoms with Gasteiger partial charge in [0.05, 0.1) is 5.69 Å². The van der Waals surface area contributed by atoms with Gasteiger partial charge in [-0.1, -0.05) is 12.8 Å². The van der Waals surface area contributed by atoms with E-state index in [0.29, 0.717) is 35.4 Å². The molecule has 0 atom stereocenters. The van der Waals surface area contributed by atoms with Gasteiger partial charge in [0.15, 0.2) is 0 Å². The van der Waals surface area contributed by atoms with Gasteiger partial charge in [-0.05, 0) is 39.5 Å². The molecule has 2 heterocycles. The van der Waals surface area contributed by atoms with E-state index in [0.717, 1.165) is 18.5 Å². The van der Waals surface area contributed by atoms with Gasteiger partial charge >= 0.3 is 0 Å². The Labute approximate surface area is 140 Å². The molecule has 3 rings (SSSR count). The number of hydrogen-bond acceptors (Lipinski definition) is 4. The molecule has 0 aliphatic heterocycles. The summed E-state index contributed by atoms with van der Waals surface area (Å²) in [5.74, 6) is 1.30. The largest absolute Gasteiger partial charge is 0.310 e. The monoisotopic (exact) mass is 329 g/mol. The highest BCUT2D eigenvalue weighted by Crippen LogP contribution is 2.28. The normalized spacial score (nSPS) is 15.0. The van der Waals surface area contributed by atoms with Gasteiger partial charge in [-0.15, -0.1) is 0 Å². The van der Waals surface area contributed by atoms with Crippen molar-refractivity contribution in [3.05, 3.63) is 33.4 Å². The van der Waals surface area contributed by atoms with Crippen molar-refractivity contribution >= 4 is 11.7 Å². The fourth-order valence-corrected chi connectivity index (χ4v) is 3.15. The van der Waals surface area contributed by atoms with Crippen LogP contribution in [-0.4, -0.2) is 25.7 Å². The van der Waals surface area contributed by atoms with Gasteiger partial charge < -0.3 is 5.32 Å². The van der Waals surface area contributed by atoms with Crippen molar-refractivity contribution in [1.29, 1.82) is 0 Å². The van der Waals surface area contributed by atoms with E-state index in [9.17, 15) is 9.59 Å². The smallest absolute Gasteiger partial charge is 0.255 e. The summed E-state index contributed by atoms with van der Waals surface area (Å²) < 4.78 is 1.48. The van der Waals surface area contributed by atoms with Crippen LogP contribution in [0.3, 0.4) is 0 Å². The summed E-state index contributed by atoms with van der Waals surface area (Å²) in [6.07, 6.45) is 5.20. The molecular formula is C17H23N5O2. The molecule has 0 saturated heterocycles. The second kappa shape index (κ2) is 6.59. The van der Waals surface area contributed by atoms with E-state index >= 15 is 0 Å². The Morgan fingerprint density at radius 2 is 2.04 bits per heavy atom. The number of nitrogens with one attached hydrogen (secondary N) is 2. The number of carbonyl (C=O) groups is 1. The SMILES string of the molecule is Cc1cc(NC(=O)CC2CCCC2)n(-c2nc(C)c(C)c(=O)[nH]2)n1. The average Bonchev–Trinajstić information content (AvgIpc) is 3.14. The molecule has 2 N–H and O–H groups in total. The van der Waals surface area contributed by atoms with E-state index in [1.807, 2.05) is 6.92 Å². The number of rotatable bonds is 4. The maximum Gasteiger partial charge on any atom is 0.255 e. The van der Waals surface area contributed by atoms with Crippen LogP contribution in [0.25, 0.3) is 5.95 Å². The number of aryl methyl sites for hydroxylation is 2. The van der Waals surface area contributed by atoms with E-state index in [-0.39, 0.29) is 11.5 Å². The lowest BCUT2D eigenvalue weighted by Gasteiger charge is -2.11. The van der Waals surface area contributed by atoms with Crippen LogP contribution in [0.5, 0.6) is 0 Å². The van der Waals surface area contributed by atoms with Gasteiger partial charge in [0.25, 0.3) is 5.56 Å². The lowest BCUT2D eigenvalue weighted by molar-refractivity contribution is -0.117. The lowest BCUT2D eigenvalue weighted by Crippen LogP contribution is -2.21. The van der Waals surface area contributed by atoms with E-state index < -0.39 is 0 Å². The summed E-state index contributed by atoms with van der Waals surface area (Å²) in [5, 5.41) is 7.26. The minimum absolute atomic E-state index is 0.0192. The summed E-state index contributed by atoms with van der Waals surface area (Å²) >= 11 is 0. The molecule has 1 saturated carbocycles. The second-order valence-corrected chi connectivity index (χ2v) is 6.59. The van der Waals surface area contributed by atoms with Crippen LogP contribution in [0, 0.1) is 26.7 Å². The molecule has 24 heavy (non-hydrogen) atoms. The highest BCUT2D eigenvalue weighted by Gasteiger charge is 2.20. The third-order valence-corrected chi connectivity index (χ3v) is 4.63. The molecule has 0 bridgehead atoms. The highest BCUT2D eigenvalue weighted by atomic mass is 16.1. The minimum Gasteiger partial charge on any atom is -0.310 e. The summed E-state index contributed by atoms with van der Waals surface area (Å²) in [7, 11) is 0. The van der Waals surface area contributed by atoms with Crippen LogP contribution < -0.4 is 10.9 Å². The number of amides is 1. The first-order valence-electron chi connectivity index (χ1n) is 8.38. The number of anilines is 1. The number of aromatic amines is 1. The first kappa shape index (κ1) is 16.4. The lowest BCUT2D eigenvalue weighted by atomic mass is 10.0. The van der Waals surface area contributed by atoms with Crippen LogP contribution in [-0.2, 0) is 4.79 Å². The van der Waals surface area contributed by atoms with Gasteiger partial charge in [0.1, 0.15) is 5.82 Å². The molecule has 0 aromatic carbocycles. The zero-order valence-corrected chi connectivity index (χ0v) is 14.3. The molecular weight excluding hydrogens is 306 g/mol. The first-order chi connectivity index (χ1) is 11.4. The molecule has 1 amide bonds. The Kier molecular flexibility index (Phi) is 4.51. The molecule has 2 aromatic heterocycles. The Balaban J connectivity index is 1.85. The van der Waals surface area contributed by atoms with Crippen LogP contribution >= 0.6 is 0 Å². The van der Waals surface area contributed by atoms with Gasteiger partial charge in [0.2, 0.25) is 11.9 Å². The predicted octanol–water partition coefficient (Wildman–Crippen LogP) is 2.40. The predicted molar refractivity (Wildman–Crippen MR) is 91.4 cm³/mol. The fraction of sp³-hybridized carbons (Fsp3) is 0.529. The standard InChI is InChI=1S/C17H23N5O2/c1-10-8-14(19-15(23)9-13-6-4-5-7-13)22(21-10)17-18-12(3)11(2)16(24)20-17/h8,13H,4-7,9H2,1-3H3,(H,19,23)(H,18,20,24). The van der Waals surface area contributed by atoms with Crippen molar-refractivity contribution in [2.75, 3.05) is 5.32 Å². The Hall–Kier alpha value is -2.44. The van der Waals surface area contributed by atoms with Gasteiger partial charge in [-0.3, -0.25) is 14.6 Å². The van der Waals surface area contributed by atoms with Crippen LogP contribution in [0.1, 0.15) is 49.1 Å². The summed E-state index contributed by atoms with van der Waals surface area (Å²) in [4.78, 5) is 31.4. The number of nitrogens with zero attached hydrogens (tertiary/aromatic N) is 3. The zero-order valence-electron chi connectivity index (χ0n) is 14.3. The Bertz CT molecular complexity index is 815. The molecule has 0 radical (unpaired) electrons. The van der Waals surface area contributed by atoms with E-state index in [4.69, 9.17) is 0 Å². The topological polar surface area (TPSA) is 92.7 Å². The van der Waals surface area contributed by atoms with Crippen molar-refractivity contribution in [3.8, 4) is 5.95 Å². The molecule has 0 unspecified atom stereocenters. The molecule has 0 spiro atoms. The maximum absolute atomic E-state index is 12.3. The maximum atomic E-state index is 12.3. The third-order valence-electron chi connectivity index (χ3n) is 4.63. The summed E-state index contributed by atoms with van der Waals surface area (Å²) in [6, 6.07) is 1.78. The second-order valence-electron chi connectivity index (χ2n) is 6.59. The number of H-pyrrole nitrogens is 1. The average molecular weight is 329 g/mol. The van der Waals surface area contributed by atoms with Gasteiger partial charge in [0, 0.05) is 23.7 Å². The molecule has 128 valence electrons. The minimum atomic E-state index is -0.200. The van der Waals surface area contributed by atoms with Crippen LogP contribution in [0.15, 0.2) is 10.9 Å². The van der Waals surface area contributed by atoms with E-state index in [1.54, 1.807) is 19.9 Å². The fourth-order valence-electron chi connectivity index (χ4n) is 3.15. The van der Waals surface area contributed by atoms with Gasteiger partial charge in [-0.25, -0.2) is 4.98 Å².